The normalized spacial score (nSPS) is 15.3. The van der Waals surface area contributed by atoms with Gasteiger partial charge in [0.15, 0.2) is 0 Å². The van der Waals surface area contributed by atoms with E-state index in [0.717, 1.165) is 19.3 Å². The summed E-state index contributed by atoms with van der Waals surface area (Å²) < 4.78 is 2.45. The molecule has 0 aliphatic heterocycles. The number of rotatable bonds is 8. The van der Waals surface area contributed by atoms with Gasteiger partial charge in [-0.1, -0.05) is 96.1 Å². The molecule has 0 N–H and O–H groups in total. The second-order valence-electron chi connectivity index (χ2n) is 13.3. The van der Waals surface area contributed by atoms with Gasteiger partial charge in [0.25, 0.3) is 0 Å². The highest BCUT2D eigenvalue weighted by Gasteiger charge is 2.36. The van der Waals surface area contributed by atoms with Crippen LogP contribution in [0.1, 0.15) is 87.2 Å². The van der Waals surface area contributed by atoms with Crippen molar-refractivity contribution < 1.29 is 4.79 Å². The van der Waals surface area contributed by atoms with E-state index in [1.807, 2.05) is 11.3 Å². The molecule has 1 unspecified atom stereocenters. The molecule has 3 heteroatoms. The van der Waals surface area contributed by atoms with Gasteiger partial charge in [-0.25, -0.2) is 0 Å². The van der Waals surface area contributed by atoms with Gasteiger partial charge >= 0.3 is 0 Å². The molecule has 0 bridgehead atoms. The number of benzene rings is 4. The van der Waals surface area contributed by atoms with Crippen LogP contribution >= 0.6 is 11.3 Å². The van der Waals surface area contributed by atoms with E-state index in [1.165, 1.54) is 71.4 Å². The molecule has 0 saturated heterocycles. The lowest BCUT2D eigenvalue weighted by Crippen LogP contribution is -2.25. The van der Waals surface area contributed by atoms with Crippen LogP contribution in [0.4, 0.5) is 0 Å². The second kappa shape index (κ2) is 10.3. The number of carbonyl (C=O) groups excluding carboxylic acids is 1. The van der Waals surface area contributed by atoms with Gasteiger partial charge in [-0.3, -0.25) is 0 Å². The SMILES string of the molecule is CCC(C=O)(CC)c1ccc(C(C)(CC)c2ccc3c(c2)c2ccccc2n3-c2ccc3c(c2)C(C)(C)c2ccccc2-3)s1. The van der Waals surface area contributed by atoms with E-state index in [-0.39, 0.29) is 16.2 Å². The number of nitrogens with zero attached hydrogens (tertiary/aromatic N) is 1. The minimum Gasteiger partial charge on any atom is -0.309 e. The molecule has 0 saturated carbocycles. The Morgan fingerprint density at radius 3 is 2.14 bits per heavy atom. The number of hydrogen-bond donors (Lipinski definition) is 0. The summed E-state index contributed by atoms with van der Waals surface area (Å²) in [5, 5.41) is 2.55. The van der Waals surface area contributed by atoms with Crippen molar-refractivity contribution >= 4 is 39.4 Å². The van der Waals surface area contributed by atoms with E-state index in [1.54, 1.807) is 0 Å². The van der Waals surface area contributed by atoms with Crippen molar-refractivity contribution in [2.45, 2.75) is 77.0 Å². The molecule has 2 heterocycles. The first-order valence-electron chi connectivity index (χ1n) is 16.1. The van der Waals surface area contributed by atoms with Gasteiger partial charge in [0.2, 0.25) is 0 Å². The van der Waals surface area contributed by atoms with Gasteiger partial charge in [0, 0.05) is 37.0 Å². The number of para-hydroxylation sites is 1. The van der Waals surface area contributed by atoms with E-state index in [4.69, 9.17) is 0 Å². The maximum atomic E-state index is 12.2. The Kier molecular flexibility index (Phi) is 6.75. The highest BCUT2D eigenvalue weighted by molar-refractivity contribution is 7.12. The summed E-state index contributed by atoms with van der Waals surface area (Å²) in [6, 6.07) is 36.2. The quantitative estimate of drug-likeness (QED) is 0.160. The van der Waals surface area contributed by atoms with Crippen molar-refractivity contribution in [1.82, 2.24) is 4.57 Å². The van der Waals surface area contributed by atoms with E-state index in [2.05, 4.69) is 143 Å². The maximum Gasteiger partial charge on any atom is 0.131 e. The van der Waals surface area contributed by atoms with Gasteiger partial charge in [-0.15, -0.1) is 11.3 Å². The van der Waals surface area contributed by atoms with Crippen molar-refractivity contribution in [2.75, 3.05) is 0 Å². The first-order valence-corrected chi connectivity index (χ1v) is 16.9. The summed E-state index contributed by atoms with van der Waals surface area (Å²) in [6.45, 7) is 13.6. The Hall–Kier alpha value is -3.95. The molecule has 7 rings (SSSR count). The lowest BCUT2D eigenvalue weighted by atomic mass is 9.78. The van der Waals surface area contributed by atoms with Gasteiger partial charge in [0.1, 0.15) is 6.29 Å². The topological polar surface area (TPSA) is 22.0 Å². The van der Waals surface area contributed by atoms with Crippen molar-refractivity contribution in [3.05, 3.63) is 124 Å². The van der Waals surface area contributed by atoms with E-state index >= 15 is 0 Å². The molecule has 2 nitrogen and oxygen atoms in total. The Morgan fingerprint density at radius 1 is 0.705 bits per heavy atom. The zero-order valence-electron chi connectivity index (χ0n) is 26.7. The predicted molar refractivity (Wildman–Crippen MR) is 188 cm³/mol. The highest BCUT2D eigenvalue weighted by Crippen LogP contribution is 2.50. The number of thiophene rings is 1. The molecular weight excluding hydrogens is 555 g/mol. The monoisotopic (exact) mass is 595 g/mol. The fourth-order valence-electron chi connectivity index (χ4n) is 7.67. The number of hydrogen-bond acceptors (Lipinski definition) is 2. The number of carbonyl (C=O) groups is 1. The van der Waals surface area contributed by atoms with E-state index < -0.39 is 0 Å². The maximum absolute atomic E-state index is 12.2. The largest absolute Gasteiger partial charge is 0.309 e. The van der Waals surface area contributed by atoms with Gasteiger partial charge in [0.05, 0.1) is 16.4 Å². The summed E-state index contributed by atoms with van der Waals surface area (Å²) in [6.07, 6.45) is 3.80. The molecule has 1 atom stereocenters. The highest BCUT2D eigenvalue weighted by atomic mass is 32.1. The molecule has 0 radical (unpaired) electrons. The molecule has 1 aliphatic rings. The third kappa shape index (κ3) is 3.95. The first-order chi connectivity index (χ1) is 21.2. The fraction of sp³-hybridized carbons (Fsp3) is 0.293. The van der Waals surface area contributed by atoms with E-state index in [9.17, 15) is 4.79 Å². The van der Waals surface area contributed by atoms with Crippen molar-refractivity contribution in [3.63, 3.8) is 0 Å². The minimum atomic E-state index is -0.388. The molecule has 1 aliphatic carbocycles. The van der Waals surface area contributed by atoms with Crippen molar-refractivity contribution in [1.29, 1.82) is 0 Å². The van der Waals surface area contributed by atoms with Crippen LogP contribution in [0.5, 0.6) is 0 Å². The molecule has 222 valence electrons. The third-order valence-electron chi connectivity index (χ3n) is 11.0. The zero-order chi connectivity index (χ0) is 30.9. The van der Waals surface area contributed by atoms with Gasteiger partial charge < -0.3 is 9.36 Å². The fourth-order valence-corrected chi connectivity index (χ4v) is 9.21. The molecule has 2 aromatic heterocycles. The minimum absolute atomic E-state index is 0.0483. The lowest BCUT2D eigenvalue weighted by Gasteiger charge is -2.29. The summed E-state index contributed by atoms with van der Waals surface area (Å²) in [4.78, 5) is 14.8. The Bertz CT molecular complexity index is 2050. The number of aromatic nitrogens is 1. The molecule has 0 fully saturated rings. The van der Waals surface area contributed by atoms with Crippen molar-refractivity contribution in [3.8, 4) is 16.8 Å². The van der Waals surface area contributed by atoms with Crippen LogP contribution in [0.25, 0.3) is 38.6 Å². The van der Waals surface area contributed by atoms with Gasteiger partial charge in [-0.05, 0) is 89.5 Å². The second-order valence-corrected chi connectivity index (χ2v) is 14.4. The lowest BCUT2D eigenvalue weighted by molar-refractivity contribution is -0.112. The summed E-state index contributed by atoms with van der Waals surface area (Å²) in [5.41, 5.74) is 9.87. The van der Waals surface area contributed by atoms with Gasteiger partial charge in [-0.2, -0.15) is 0 Å². The summed E-state index contributed by atoms with van der Waals surface area (Å²) in [7, 11) is 0. The smallest absolute Gasteiger partial charge is 0.131 e. The zero-order valence-corrected chi connectivity index (χ0v) is 27.5. The van der Waals surface area contributed by atoms with Crippen LogP contribution < -0.4 is 0 Å². The molecule has 44 heavy (non-hydrogen) atoms. The van der Waals surface area contributed by atoms with Crippen molar-refractivity contribution in [2.24, 2.45) is 0 Å². The Labute approximate surface area is 265 Å². The predicted octanol–water partition coefficient (Wildman–Crippen LogP) is 11.1. The van der Waals surface area contributed by atoms with Crippen LogP contribution in [-0.4, -0.2) is 10.9 Å². The summed E-state index contributed by atoms with van der Waals surface area (Å²) in [5.74, 6) is 0. The van der Waals surface area contributed by atoms with E-state index in [0.29, 0.717) is 0 Å². The van der Waals surface area contributed by atoms with Crippen LogP contribution in [0.2, 0.25) is 0 Å². The van der Waals surface area contributed by atoms with Crippen LogP contribution in [0.3, 0.4) is 0 Å². The average molecular weight is 596 g/mol. The molecule has 4 aromatic carbocycles. The average Bonchev–Trinajstić information content (AvgIpc) is 3.75. The van der Waals surface area contributed by atoms with Crippen LogP contribution in [0.15, 0.2) is 97.1 Å². The molecule has 0 amide bonds. The number of fused-ring (bicyclic) bond motifs is 6. The molecule has 0 spiro atoms. The number of aldehydes is 1. The molecular formula is C41H41NOS. The van der Waals surface area contributed by atoms with Crippen LogP contribution in [0, 0.1) is 0 Å². The summed E-state index contributed by atoms with van der Waals surface area (Å²) >= 11 is 1.82. The Morgan fingerprint density at radius 2 is 1.39 bits per heavy atom. The molecule has 6 aromatic rings. The third-order valence-corrected chi connectivity index (χ3v) is 12.5. The Balaban J connectivity index is 1.38. The standard InChI is InChI=1S/C41H41NOS/c1-7-40(6,37-22-23-38(44-37)41(8-2,9-3)26-43)27-18-21-36-32(24-27)31-15-11-13-17-35(31)42(36)28-19-20-30-29-14-10-12-16-33(29)39(4,5)34(30)25-28/h10-26H,7-9H2,1-6H3. The first kappa shape index (κ1) is 28.8. The van der Waals surface area contributed by atoms with Crippen LogP contribution in [-0.2, 0) is 21.0 Å².